The molecule has 2 rings (SSSR count). The van der Waals surface area contributed by atoms with Gasteiger partial charge in [0, 0.05) is 45.9 Å². The van der Waals surface area contributed by atoms with Gasteiger partial charge in [-0.05, 0) is 6.07 Å². The van der Waals surface area contributed by atoms with Crippen LogP contribution < -0.4 is 4.90 Å². The monoisotopic (exact) mass is 238 g/mol. The molecule has 1 aliphatic heterocycles. The molecule has 1 aliphatic rings. The largest absolute Gasteiger partial charge is 0.438 e. The zero-order chi connectivity index (χ0) is 12.1. The van der Waals surface area contributed by atoms with Gasteiger partial charge >= 0.3 is 0 Å². The Hall–Kier alpha value is -1.33. The van der Waals surface area contributed by atoms with Gasteiger partial charge in [-0.15, -0.1) is 0 Å². The number of rotatable bonds is 5. The summed E-state index contributed by atoms with van der Waals surface area (Å²) in [7, 11) is 1.72. The lowest BCUT2D eigenvalue weighted by atomic mass is 10.3. The van der Waals surface area contributed by atoms with Crippen LogP contribution in [0.5, 0.6) is 0 Å². The first-order valence-corrected chi connectivity index (χ1v) is 5.84. The van der Waals surface area contributed by atoms with Crippen molar-refractivity contribution in [2.24, 2.45) is 0 Å². The number of carbonyl (C=O) groups is 1. The third-order valence-electron chi connectivity index (χ3n) is 3.02. The van der Waals surface area contributed by atoms with Gasteiger partial charge in [0.2, 0.25) is 0 Å². The van der Waals surface area contributed by atoms with Crippen molar-refractivity contribution in [3.8, 4) is 0 Å². The Bertz CT molecular complexity index is 356. The number of aldehydes is 1. The number of anilines is 1. The molecule has 0 amide bonds. The predicted octanol–water partition coefficient (Wildman–Crippen LogP) is 0.861. The first-order valence-electron chi connectivity index (χ1n) is 5.84. The molecular formula is C12H18N2O3. The minimum absolute atomic E-state index is 0.391. The average Bonchev–Trinajstić information content (AvgIpc) is 2.86. The molecule has 17 heavy (non-hydrogen) atoms. The first kappa shape index (κ1) is 12.1. The summed E-state index contributed by atoms with van der Waals surface area (Å²) in [6.07, 6.45) is 0.734. The molecule has 1 saturated heterocycles. The Balaban J connectivity index is 1.84. The Morgan fingerprint density at radius 2 is 2.12 bits per heavy atom. The fourth-order valence-corrected chi connectivity index (χ4v) is 1.99. The Morgan fingerprint density at radius 1 is 1.35 bits per heavy atom. The Labute approximate surface area is 101 Å². The molecule has 0 saturated carbocycles. The SMILES string of the molecule is COCCN1CCN(c2ccc(C=O)o2)CC1. The summed E-state index contributed by atoms with van der Waals surface area (Å²) in [5.74, 6) is 1.18. The third-order valence-corrected chi connectivity index (χ3v) is 3.02. The number of hydrogen-bond donors (Lipinski definition) is 0. The van der Waals surface area contributed by atoms with E-state index in [1.54, 1.807) is 13.2 Å². The van der Waals surface area contributed by atoms with E-state index in [2.05, 4.69) is 9.80 Å². The van der Waals surface area contributed by atoms with Crippen molar-refractivity contribution in [3.05, 3.63) is 17.9 Å². The molecule has 5 heteroatoms. The van der Waals surface area contributed by atoms with Crippen LogP contribution in [-0.4, -0.2) is 57.6 Å². The Morgan fingerprint density at radius 3 is 2.71 bits per heavy atom. The van der Waals surface area contributed by atoms with E-state index in [1.165, 1.54) is 0 Å². The maximum absolute atomic E-state index is 10.5. The third kappa shape index (κ3) is 3.08. The normalized spacial score (nSPS) is 17.4. The molecule has 0 atom stereocenters. The highest BCUT2D eigenvalue weighted by molar-refractivity contribution is 5.71. The average molecular weight is 238 g/mol. The maximum Gasteiger partial charge on any atom is 0.196 e. The van der Waals surface area contributed by atoms with Gasteiger partial charge in [-0.2, -0.15) is 0 Å². The summed E-state index contributed by atoms with van der Waals surface area (Å²) in [5, 5.41) is 0. The summed E-state index contributed by atoms with van der Waals surface area (Å²) in [4.78, 5) is 15.1. The van der Waals surface area contributed by atoms with Crippen molar-refractivity contribution >= 4 is 12.2 Å². The predicted molar refractivity (Wildman–Crippen MR) is 64.6 cm³/mol. The van der Waals surface area contributed by atoms with Gasteiger partial charge in [0.1, 0.15) is 0 Å². The molecular weight excluding hydrogens is 220 g/mol. The number of carbonyl (C=O) groups excluding carboxylic acids is 1. The molecule has 0 N–H and O–H groups in total. The molecule has 1 fully saturated rings. The molecule has 94 valence electrons. The first-order chi connectivity index (χ1) is 8.33. The van der Waals surface area contributed by atoms with Gasteiger partial charge in [-0.25, -0.2) is 0 Å². The zero-order valence-corrected chi connectivity index (χ0v) is 10.1. The molecule has 0 spiro atoms. The molecule has 2 heterocycles. The van der Waals surface area contributed by atoms with Crippen LogP contribution >= 0.6 is 0 Å². The van der Waals surface area contributed by atoms with Crippen LogP contribution in [0.3, 0.4) is 0 Å². The molecule has 5 nitrogen and oxygen atoms in total. The van der Waals surface area contributed by atoms with E-state index in [0.717, 1.165) is 51.5 Å². The van der Waals surface area contributed by atoms with E-state index in [9.17, 15) is 4.79 Å². The fraction of sp³-hybridized carbons (Fsp3) is 0.583. The van der Waals surface area contributed by atoms with Crippen LogP contribution in [0.4, 0.5) is 5.88 Å². The van der Waals surface area contributed by atoms with Crippen molar-refractivity contribution in [2.45, 2.75) is 0 Å². The lowest BCUT2D eigenvalue weighted by molar-refractivity contribution is 0.110. The second-order valence-corrected chi connectivity index (χ2v) is 4.12. The van der Waals surface area contributed by atoms with Crippen molar-refractivity contribution in [2.75, 3.05) is 51.3 Å². The van der Waals surface area contributed by atoms with E-state index in [0.29, 0.717) is 5.76 Å². The molecule has 0 aliphatic carbocycles. The van der Waals surface area contributed by atoms with E-state index >= 15 is 0 Å². The second-order valence-electron chi connectivity index (χ2n) is 4.12. The molecule has 0 radical (unpaired) electrons. The number of nitrogens with zero attached hydrogens (tertiary/aromatic N) is 2. The van der Waals surface area contributed by atoms with Crippen molar-refractivity contribution in [1.82, 2.24) is 4.90 Å². The van der Waals surface area contributed by atoms with Gasteiger partial charge in [-0.1, -0.05) is 0 Å². The van der Waals surface area contributed by atoms with Gasteiger partial charge in [0.05, 0.1) is 6.61 Å². The van der Waals surface area contributed by atoms with Crippen molar-refractivity contribution < 1.29 is 13.9 Å². The summed E-state index contributed by atoms with van der Waals surface area (Å²) < 4.78 is 10.5. The lowest BCUT2D eigenvalue weighted by Crippen LogP contribution is -2.47. The minimum atomic E-state index is 0.391. The maximum atomic E-state index is 10.5. The van der Waals surface area contributed by atoms with Crippen LogP contribution in [0.15, 0.2) is 16.5 Å². The van der Waals surface area contributed by atoms with Gasteiger partial charge in [0.25, 0.3) is 0 Å². The van der Waals surface area contributed by atoms with Crippen LogP contribution in [0, 0.1) is 0 Å². The molecule has 0 aromatic carbocycles. The van der Waals surface area contributed by atoms with Crippen LogP contribution in [0.1, 0.15) is 10.6 Å². The highest BCUT2D eigenvalue weighted by Gasteiger charge is 2.18. The smallest absolute Gasteiger partial charge is 0.196 e. The summed E-state index contributed by atoms with van der Waals surface area (Å²) in [5.41, 5.74) is 0. The Kier molecular flexibility index (Phi) is 4.17. The molecule has 1 aromatic rings. The number of furan rings is 1. The summed E-state index contributed by atoms with van der Waals surface area (Å²) in [6, 6.07) is 3.56. The zero-order valence-electron chi connectivity index (χ0n) is 10.1. The fourth-order valence-electron chi connectivity index (χ4n) is 1.99. The highest BCUT2D eigenvalue weighted by atomic mass is 16.5. The van der Waals surface area contributed by atoms with Gasteiger partial charge in [0.15, 0.2) is 17.9 Å². The highest BCUT2D eigenvalue weighted by Crippen LogP contribution is 2.18. The van der Waals surface area contributed by atoms with E-state index < -0.39 is 0 Å². The van der Waals surface area contributed by atoms with Crippen molar-refractivity contribution in [1.29, 1.82) is 0 Å². The molecule has 0 unspecified atom stereocenters. The van der Waals surface area contributed by atoms with Gasteiger partial charge < -0.3 is 14.1 Å². The lowest BCUT2D eigenvalue weighted by Gasteiger charge is -2.34. The number of piperazine rings is 1. The molecule has 1 aromatic heterocycles. The number of ether oxygens (including phenoxy) is 1. The standard InChI is InChI=1S/C12H18N2O3/c1-16-9-8-13-4-6-14(7-5-13)12-3-2-11(10-15)17-12/h2-3,10H,4-9H2,1H3. The van der Waals surface area contributed by atoms with Crippen LogP contribution in [0.25, 0.3) is 0 Å². The minimum Gasteiger partial charge on any atom is -0.438 e. The number of hydrogen-bond acceptors (Lipinski definition) is 5. The summed E-state index contributed by atoms with van der Waals surface area (Å²) in [6.45, 7) is 5.60. The van der Waals surface area contributed by atoms with Crippen molar-refractivity contribution in [3.63, 3.8) is 0 Å². The summed E-state index contributed by atoms with van der Waals surface area (Å²) >= 11 is 0. The second kappa shape index (κ2) is 5.84. The topological polar surface area (TPSA) is 45.9 Å². The van der Waals surface area contributed by atoms with Crippen LogP contribution in [-0.2, 0) is 4.74 Å². The van der Waals surface area contributed by atoms with E-state index in [1.807, 2.05) is 6.07 Å². The van der Waals surface area contributed by atoms with Gasteiger partial charge in [-0.3, -0.25) is 9.69 Å². The van der Waals surface area contributed by atoms with E-state index in [-0.39, 0.29) is 0 Å². The molecule has 0 bridgehead atoms. The van der Waals surface area contributed by atoms with Crippen LogP contribution in [0.2, 0.25) is 0 Å². The quantitative estimate of drug-likeness (QED) is 0.712. The van der Waals surface area contributed by atoms with E-state index in [4.69, 9.17) is 9.15 Å². The number of methoxy groups -OCH3 is 1.